The number of fused-ring (bicyclic) bond motifs is 1. The number of carbonyl (C=O) groups excluding carboxylic acids is 1. The molecule has 0 aliphatic carbocycles. The third-order valence-corrected chi connectivity index (χ3v) is 3.06. The summed E-state index contributed by atoms with van der Waals surface area (Å²) in [6.07, 6.45) is 1.63. The molecule has 0 atom stereocenters. The van der Waals surface area contributed by atoms with Crippen molar-refractivity contribution in [3.63, 3.8) is 0 Å². The lowest BCUT2D eigenvalue weighted by Gasteiger charge is -2.15. The third-order valence-electron chi connectivity index (χ3n) is 3.06. The van der Waals surface area contributed by atoms with Crippen molar-refractivity contribution >= 4 is 17.1 Å². The van der Waals surface area contributed by atoms with Gasteiger partial charge in [0.25, 0.3) is 0 Å². The molecule has 2 heterocycles. The van der Waals surface area contributed by atoms with E-state index in [2.05, 4.69) is 9.97 Å². The average molecular weight is 291 g/mol. The second kappa shape index (κ2) is 6.11. The minimum Gasteiger partial charge on any atom is -0.488 e. The van der Waals surface area contributed by atoms with Gasteiger partial charge in [-0.05, 0) is 34.6 Å². The molecule has 0 aromatic carbocycles. The molecule has 0 saturated carbocycles. The van der Waals surface area contributed by atoms with Crippen LogP contribution in [-0.4, -0.2) is 33.2 Å². The molecule has 114 valence electrons. The summed E-state index contributed by atoms with van der Waals surface area (Å²) in [5.41, 5.74) is 2.27. The van der Waals surface area contributed by atoms with E-state index in [-0.39, 0.29) is 6.10 Å². The normalized spacial score (nSPS) is 11.1. The van der Waals surface area contributed by atoms with Crippen LogP contribution in [0.25, 0.3) is 11.2 Å². The Morgan fingerprint density at radius 2 is 2.10 bits per heavy atom. The van der Waals surface area contributed by atoms with Gasteiger partial charge in [-0.15, -0.1) is 0 Å². The van der Waals surface area contributed by atoms with Crippen molar-refractivity contribution in [1.29, 1.82) is 0 Å². The molecule has 0 N–H and O–H groups in total. The summed E-state index contributed by atoms with van der Waals surface area (Å²) in [6.45, 7) is 10.4. The van der Waals surface area contributed by atoms with Crippen LogP contribution in [0.2, 0.25) is 0 Å². The van der Waals surface area contributed by atoms with Crippen molar-refractivity contribution in [3.8, 4) is 5.75 Å². The standard InChI is InChI=1S/C15H21N3O3/c1-6-18-8-16-12-13(21-9(3)4)11(15(19)20-7-2)10(5)17-14(12)18/h8-9H,6-7H2,1-5H3. The molecule has 0 saturated heterocycles. The lowest BCUT2D eigenvalue weighted by Crippen LogP contribution is -2.15. The number of rotatable bonds is 5. The van der Waals surface area contributed by atoms with Gasteiger partial charge in [0, 0.05) is 6.54 Å². The zero-order valence-corrected chi connectivity index (χ0v) is 13.1. The van der Waals surface area contributed by atoms with E-state index in [4.69, 9.17) is 9.47 Å². The Kier molecular flexibility index (Phi) is 4.45. The summed E-state index contributed by atoms with van der Waals surface area (Å²) in [5.74, 6) is 0.0317. The second-order valence-corrected chi connectivity index (χ2v) is 4.99. The first-order valence-corrected chi connectivity index (χ1v) is 7.18. The topological polar surface area (TPSA) is 66.2 Å². The van der Waals surface area contributed by atoms with Gasteiger partial charge in [-0.3, -0.25) is 0 Å². The molecule has 0 amide bonds. The molecular formula is C15H21N3O3. The molecule has 21 heavy (non-hydrogen) atoms. The summed E-state index contributed by atoms with van der Waals surface area (Å²) < 4.78 is 12.9. The third kappa shape index (κ3) is 2.84. The van der Waals surface area contributed by atoms with Gasteiger partial charge in [-0.1, -0.05) is 0 Å². The molecule has 2 rings (SSSR count). The van der Waals surface area contributed by atoms with E-state index in [1.807, 2.05) is 25.3 Å². The van der Waals surface area contributed by atoms with E-state index in [0.29, 0.717) is 29.1 Å². The number of carbonyl (C=O) groups is 1. The second-order valence-electron chi connectivity index (χ2n) is 4.99. The van der Waals surface area contributed by atoms with Crippen LogP contribution in [-0.2, 0) is 11.3 Å². The van der Waals surface area contributed by atoms with Crippen LogP contribution in [0.15, 0.2) is 6.33 Å². The fraction of sp³-hybridized carbons (Fsp3) is 0.533. The predicted octanol–water partition coefficient (Wildman–Crippen LogP) is 2.72. The number of hydrogen-bond donors (Lipinski definition) is 0. The van der Waals surface area contributed by atoms with Crippen molar-refractivity contribution in [3.05, 3.63) is 17.6 Å². The van der Waals surface area contributed by atoms with Gasteiger partial charge in [-0.2, -0.15) is 0 Å². The maximum absolute atomic E-state index is 12.2. The fourth-order valence-electron chi connectivity index (χ4n) is 2.18. The highest BCUT2D eigenvalue weighted by Crippen LogP contribution is 2.31. The van der Waals surface area contributed by atoms with Gasteiger partial charge < -0.3 is 14.0 Å². The smallest absolute Gasteiger partial charge is 0.343 e. The number of ether oxygens (including phenoxy) is 2. The van der Waals surface area contributed by atoms with Crippen LogP contribution in [0.1, 0.15) is 43.7 Å². The Balaban J connectivity index is 2.71. The monoisotopic (exact) mass is 291 g/mol. The van der Waals surface area contributed by atoms with E-state index >= 15 is 0 Å². The van der Waals surface area contributed by atoms with E-state index in [0.717, 1.165) is 12.2 Å². The Labute approximate surface area is 124 Å². The van der Waals surface area contributed by atoms with Gasteiger partial charge in [0.05, 0.1) is 24.7 Å². The Bertz CT molecular complexity index is 662. The number of nitrogens with zero attached hydrogens (tertiary/aromatic N) is 3. The number of aromatic nitrogens is 3. The van der Waals surface area contributed by atoms with Crippen molar-refractivity contribution < 1.29 is 14.3 Å². The van der Waals surface area contributed by atoms with E-state index < -0.39 is 5.97 Å². The van der Waals surface area contributed by atoms with Crippen LogP contribution in [0, 0.1) is 6.92 Å². The van der Waals surface area contributed by atoms with Gasteiger partial charge in [0.15, 0.2) is 16.9 Å². The van der Waals surface area contributed by atoms with Crippen LogP contribution in [0.5, 0.6) is 5.75 Å². The molecule has 0 unspecified atom stereocenters. The van der Waals surface area contributed by atoms with Crippen molar-refractivity contribution in [2.24, 2.45) is 0 Å². The molecule has 0 aliphatic heterocycles. The SMILES string of the molecule is CCOC(=O)c1c(C)nc2c(ncn2CC)c1OC(C)C. The fourth-order valence-corrected chi connectivity index (χ4v) is 2.18. The molecule has 0 aliphatic rings. The highest BCUT2D eigenvalue weighted by Gasteiger charge is 2.24. The number of imidazole rings is 1. The first-order valence-electron chi connectivity index (χ1n) is 7.18. The Morgan fingerprint density at radius 1 is 1.38 bits per heavy atom. The Morgan fingerprint density at radius 3 is 2.67 bits per heavy atom. The minimum absolute atomic E-state index is 0.0741. The van der Waals surface area contributed by atoms with Crippen molar-refractivity contribution in [2.75, 3.05) is 6.61 Å². The summed E-state index contributed by atoms with van der Waals surface area (Å²) >= 11 is 0. The molecule has 2 aromatic rings. The lowest BCUT2D eigenvalue weighted by molar-refractivity contribution is 0.0519. The summed E-state index contributed by atoms with van der Waals surface area (Å²) in [7, 11) is 0. The molecule has 0 bridgehead atoms. The molecular weight excluding hydrogens is 270 g/mol. The highest BCUT2D eigenvalue weighted by atomic mass is 16.5. The van der Waals surface area contributed by atoms with E-state index in [1.165, 1.54) is 0 Å². The lowest BCUT2D eigenvalue weighted by atomic mass is 10.1. The van der Waals surface area contributed by atoms with Crippen LogP contribution >= 0.6 is 0 Å². The molecule has 2 aromatic heterocycles. The van der Waals surface area contributed by atoms with Crippen LogP contribution in [0.3, 0.4) is 0 Å². The highest BCUT2D eigenvalue weighted by molar-refractivity contribution is 5.99. The van der Waals surface area contributed by atoms with E-state index in [9.17, 15) is 4.79 Å². The molecule has 6 heteroatoms. The van der Waals surface area contributed by atoms with Gasteiger partial charge in [0.1, 0.15) is 5.56 Å². The molecule has 0 fully saturated rings. The Hall–Kier alpha value is -2.11. The zero-order chi connectivity index (χ0) is 15.6. The molecule has 0 radical (unpaired) electrons. The maximum atomic E-state index is 12.2. The summed E-state index contributed by atoms with van der Waals surface area (Å²) in [6, 6.07) is 0. The number of esters is 1. The summed E-state index contributed by atoms with van der Waals surface area (Å²) in [5, 5.41) is 0. The maximum Gasteiger partial charge on any atom is 0.343 e. The van der Waals surface area contributed by atoms with Gasteiger partial charge in [0.2, 0.25) is 0 Å². The molecule has 6 nitrogen and oxygen atoms in total. The molecule has 0 spiro atoms. The van der Waals surface area contributed by atoms with Crippen LogP contribution in [0.4, 0.5) is 0 Å². The predicted molar refractivity (Wildman–Crippen MR) is 79.7 cm³/mol. The largest absolute Gasteiger partial charge is 0.488 e. The zero-order valence-electron chi connectivity index (χ0n) is 13.1. The number of hydrogen-bond acceptors (Lipinski definition) is 5. The quantitative estimate of drug-likeness (QED) is 0.792. The van der Waals surface area contributed by atoms with E-state index in [1.54, 1.807) is 20.2 Å². The van der Waals surface area contributed by atoms with Crippen molar-refractivity contribution in [2.45, 2.75) is 47.3 Å². The number of pyridine rings is 1. The minimum atomic E-state index is -0.425. The summed E-state index contributed by atoms with van der Waals surface area (Å²) in [4.78, 5) is 21.1. The van der Waals surface area contributed by atoms with Crippen molar-refractivity contribution in [1.82, 2.24) is 14.5 Å². The first-order chi connectivity index (χ1) is 9.99. The van der Waals surface area contributed by atoms with Gasteiger partial charge >= 0.3 is 5.97 Å². The van der Waals surface area contributed by atoms with Crippen LogP contribution < -0.4 is 4.74 Å². The first kappa shape index (κ1) is 15.3. The average Bonchev–Trinajstić information content (AvgIpc) is 2.81. The van der Waals surface area contributed by atoms with Gasteiger partial charge in [-0.25, -0.2) is 14.8 Å². The number of aryl methyl sites for hydroxylation is 2.